The Bertz CT molecular complexity index is 524. The van der Waals surface area contributed by atoms with Gasteiger partial charge in [0.2, 0.25) is 0 Å². The maximum Gasteiger partial charge on any atom is 0.146 e. The topological polar surface area (TPSA) is 76.7 Å². The number of nitrogens with two attached hydrogens (primary N) is 1. The van der Waals surface area contributed by atoms with Crippen molar-refractivity contribution in [1.82, 2.24) is 15.0 Å². The zero-order chi connectivity index (χ0) is 13.1. The van der Waals surface area contributed by atoms with Crippen LogP contribution in [-0.2, 0) is 12.8 Å². The zero-order valence-corrected chi connectivity index (χ0v) is 11.6. The second-order valence-electron chi connectivity index (χ2n) is 4.09. The lowest BCUT2D eigenvalue weighted by Crippen LogP contribution is -2.14. The Morgan fingerprint density at radius 3 is 2.61 bits per heavy atom. The molecule has 0 aliphatic carbocycles. The highest BCUT2D eigenvalue weighted by Gasteiger charge is 2.10. The maximum absolute atomic E-state index is 5.49. The first-order chi connectivity index (χ1) is 8.63. The van der Waals surface area contributed by atoms with Gasteiger partial charge in [-0.05, 0) is 20.3 Å². The lowest BCUT2D eigenvalue weighted by atomic mass is 10.2. The summed E-state index contributed by atoms with van der Waals surface area (Å²) in [6.45, 7) is 6.05. The van der Waals surface area contributed by atoms with Crippen LogP contribution in [0.4, 0.5) is 5.82 Å². The number of aryl methyl sites for hydroxylation is 2. The quantitative estimate of drug-likeness (QED) is 0.651. The fourth-order valence-corrected chi connectivity index (χ4v) is 2.44. The molecule has 0 bridgehead atoms. The van der Waals surface area contributed by atoms with E-state index in [1.807, 2.05) is 19.2 Å². The number of anilines is 1. The van der Waals surface area contributed by atoms with Gasteiger partial charge in [-0.25, -0.2) is 20.8 Å². The average Bonchev–Trinajstić information content (AvgIpc) is 2.76. The van der Waals surface area contributed by atoms with Crippen molar-refractivity contribution in [2.24, 2.45) is 5.84 Å². The van der Waals surface area contributed by atoms with E-state index in [9.17, 15) is 0 Å². The first-order valence-electron chi connectivity index (χ1n) is 5.88. The molecular weight excluding hydrogens is 246 g/mol. The van der Waals surface area contributed by atoms with Gasteiger partial charge in [-0.3, -0.25) is 0 Å². The Morgan fingerprint density at radius 2 is 2.06 bits per heavy atom. The van der Waals surface area contributed by atoms with Crippen LogP contribution < -0.4 is 11.3 Å². The Hall–Kier alpha value is -1.53. The van der Waals surface area contributed by atoms with Gasteiger partial charge in [-0.15, -0.1) is 11.3 Å². The Labute approximate surface area is 110 Å². The van der Waals surface area contributed by atoms with Crippen molar-refractivity contribution < 1.29 is 0 Å². The molecule has 18 heavy (non-hydrogen) atoms. The Kier molecular flexibility index (Phi) is 3.88. The van der Waals surface area contributed by atoms with E-state index >= 15 is 0 Å². The van der Waals surface area contributed by atoms with E-state index in [-0.39, 0.29) is 0 Å². The summed E-state index contributed by atoms with van der Waals surface area (Å²) in [4.78, 5) is 13.4. The summed E-state index contributed by atoms with van der Waals surface area (Å²) in [5, 5.41) is 3.10. The van der Waals surface area contributed by atoms with E-state index in [0.29, 0.717) is 12.2 Å². The SMILES string of the molecule is CCc1nc(Cc2csc(C)n2)nc(NN)c1C. The monoisotopic (exact) mass is 263 g/mol. The third-order valence-electron chi connectivity index (χ3n) is 2.77. The Balaban J connectivity index is 2.33. The van der Waals surface area contributed by atoms with Gasteiger partial charge in [0.15, 0.2) is 0 Å². The van der Waals surface area contributed by atoms with Gasteiger partial charge < -0.3 is 5.43 Å². The van der Waals surface area contributed by atoms with Gasteiger partial charge >= 0.3 is 0 Å². The van der Waals surface area contributed by atoms with Crippen molar-refractivity contribution in [2.45, 2.75) is 33.6 Å². The van der Waals surface area contributed by atoms with Crippen LogP contribution in [0.1, 0.15) is 34.7 Å². The fraction of sp³-hybridized carbons (Fsp3) is 0.417. The lowest BCUT2D eigenvalue weighted by molar-refractivity contribution is 0.876. The van der Waals surface area contributed by atoms with E-state index in [4.69, 9.17) is 5.84 Å². The van der Waals surface area contributed by atoms with Crippen LogP contribution in [0.5, 0.6) is 0 Å². The van der Waals surface area contributed by atoms with Crippen LogP contribution >= 0.6 is 11.3 Å². The molecule has 0 aliphatic heterocycles. The molecule has 0 radical (unpaired) electrons. The largest absolute Gasteiger partial charge is 0.308 e. The number of hydrogen-bond acceptors (Lipinski definition) is 6. The van der Waals surface area contributed by atoms with Gasteiger partial charge in [-0.2, -0.15) is 0 Å². The van der Waals surface area contributed by atoms with Crippen molar-refractivity contribution in [3.63, 3.8) is 0 Å². The summed E-state index contributed by atoms with van der Waals surface area (Å²) < 4.78 is 0. The lowest BCUT2D eigenvalue weighted by Gasteiger charge is -2.10. The first-order valence-corrected chi connectivity index (χ1v) is 6.76. The summed E-state index contributed by atoms with van der Waals surface area (Å²) >= 11 is 1.64. The summed E-state index contributed by atoms with van der Waals surface area (Å²) in [7, 11) is 0. The minimum Gasteiger partial charge on any atom is -0.308 e. The normalized spacial score (nSPS) is 10.7. The molecule has 0 aromatic carbocycles. The molecule has 0 unspecified atom stereocenters. The third kappa shape index (κ3) is 2.65. The minimum absolute atomic E-state index is 0.645. The van der Waals surface area contributed by atoms with Gasteiger partial charge in [0.25, 0.3) is 0 Å². The number of hydrogen-bond donors (Lipinski definition) is 2. The highest BCUT2D eigenvalue weighted by atomic mass is 32.1. The van der Waals surface area contributed by atoms with Gasteiger partial charge in [0.05, 0.1) is 17.1 Å². The molecule has 0 fully saturated rings. The predicted molar refractivity (Wildman–Crippen MR) is 73.6 cm³/mol. The van der Waals surface area contributed by atoms with E-state index in [1.54, 1.807) is 11.3 Å². The molecule has 2 aromatic rings. The number of nitrogens with one attached hydrogen (secondary N) is 1. The number of thiazole rings is 1. The van der Waals surface area contributed by atoms with Crippen molar-refractivity contribution in [3.05, 3.63) is 33.2 Å². The number of hydrazine groups is 1. The molecule has 5 nitrogen and oxygen atoms in total. The van der Waals surface area contributed by atoms with Gasteiger partial charge in [0, 0.05) is 16.6 Å². The van der Waals surface area contributed by atoms with E-state index < -0.39 is 0 Å². The summed E-state index contributed by atoms with van der Waals surface area (Å²) in [6, 6.07) is 0. The highest BCUT2D eigenvalue weighted by molar-refractivity contribution is 7.09. The second kappa shape index (κ2) is 5.41. The van der Waals surface area contributed by atoms with Crippen LogP contribution in [0.2, 0.25) is 0 Å². The molecule has 6 heteroatoms. The molecule has 0 atom stereocenters. The molecule has 0 saturated heterocycles. The van der Waals surface area contributed by atoms with Crippen molar-refractivity contribution in [2.75, 3.05) is 5.43 Å². The fourth-order valence-electron chi connectivity index (χ4n) is 1.83. The van der Waals surface area contributed by atoms with E-state index in [2.05, 4.69) is 27.3 Å². The smallest absolute Gasteiger partial charge is 0.146 e. The molecule has 0 spiro atoms. The van der Waals surface area contributed by atoms with Crippen LogP contribution in [-0.4, -0.2) is 15.0 Å². The van der Waals surface area contributed by atoms with E-state index in [1.165, 1.54) is 0 Å². The number of nitrogen functional groups attached to an aromatic ring is 1. The summed E-state index contributed by atoms with van der Waals surface area (Å²) in [5.41, 5.74) is 5.68. The molecule has 0 aliphatic rings. The molecule has 0 amide bonds. The van der Waals surface area contributed by atoms with Crippen molar-refractivity contribution in [3.8, 4) is 0 Å². The van der Waals surface area contributed by atoms with Gasteiger partial charge in [-0.1, -0.05) is 6.92 Å². The summed E-state index contributed by atoms with van der Waals surface area (Å²) in [5.74, 6) is 6.94. The second-order valence-corrected chi connectivity index (χ2v) is 5.15. The van der Waals surface area contributed by atoms with Crippen LogP contribution in [0.25, 0.3) is 0 Å². The average molecular weight is 263 g/mol. The highest BCUT2D eigenvalue weighted by Crippen LogP contribution is 2.17. The van der Waals surface area contributed by atoms with Crippen LogP contribution in [0.3, 0.4) is 0 Å². The molecule has 2 heterocycles. The van der Waals surface area contributed by atoms with Crippen molar-refractivity contribution >= 4 is 17.2 Å². The molecule has 3 N–H and O–H groups in total. The van der Waals surface area contributed by atoms with Gasteiger partial charge in [0.1, 0.15) is 11.6 Å². The van der Waals surface area contributed by atoms with Crippen LogP contribution in [0.15, 0.2) is 5.38 Å². The molecule has 0 saturated carbocycles. The van der Waals surface area contributed by atoms with E-state index in [0.717, 1.165) is 34.2 Å². The summed E-state index contributed by atoms with van der Waals surface area (Å²) in [6.07, 6.45) is 1.51. The van der Waals surface area contributed by atoms with Crippen molar-refractivity contribution in [1.29, 1.82) is 0 Å². The number of aromatic nitrogens is 3. The predicted octanol–water partition coefficient (Wildman–Crippen LogP) is 1.99. The van der Waals surface area contributed by atoms with Crippen LogP contribution in [0, 0.1) is 13.8 Å². The standard InChI is InChI=1S/C12H17N5S/c1-4-10-7(2)12(17-13)16-11(15-10)5-9-6-18-8(3)14-9/h6H,4-5,13H2,1-3H3,(H,15,16,17). The molecule has 2 aromatic heterocycles. The molecule has 2 rings (SSSR count). The maximum atomic E-state index is 5.49. The minimum atomic E-state index is 0.645. The molecular formula is C12H17N5S. The molecule has 96 valence electrons. The number of rotatable bonds is 4. The first kappa shape index (κ1) is 12.9. The third-order valence-corrected chi connectivity index (χ3v) is 3.59. The Morgan fingerprint density at radius 1 is 1.28 bits per heavy atom. The zero-order valence-electron chi connectivity index (χ0n) is 10.8. The number of nitrogens with zero attached hydrogens (tertiary/aromatic N) is 3.